The second-order valence-corrected chi connectivity index (χ2v) is 23.0. The number of benzene rings is 2. The van der Waals surface area contributed by atoms with Crippen molar-refractivity contribution in [2.45, 2.75) is 151 Å². The van der Waals surface area contributed by atoms with Crippen molar-refractivity contribution in [1.29, 1.82) is 0 Å². The summed E-state index contributed by atoms with van der Waals surface area (Å²) >= 11 is 0.790. The third-order valence-corrected chi connectivity index (χ3v) is 18.1. The van der Waals surface area contributed by atoms with Crippen LogP contribution in [0.15, 0.2) is 109 Å². The van der Waals surface area contributed by atoms with E-state index in [1.165, 1.54) is 0 Å². The first kappa shape index (κ1) is 52.2. The average Bonchev–Trinajstić information content (AvgIpc) is 3.77. The number of aliphatic hydroxyl groups excluding tert-OH is 2. The minimum absolute atomic E-state index is 0.150. The molecule has 2 spiro atoms. The van der Waals surface area contributed by atoms with Gasteiger partial charge in [0, 0.05) is 49.6 Å². The van der Waals surface area contributed by atoms with E-state index in [4.69, 9.17) is 9.47 Å². The van der Waals surface area contributed by atoms with Gasteiger partial charge in [-0.15, -0.1) is 11.8 Å². The molecule has 16 atom stereocenters. The lowest BCUT2D eigenvalue weighted by Gasteiger charge is -2.49. The number of nitrogens with one attached hydrogen (secondary N) is 2. The summed E-state index contributed by atoms with van der Waals surface area (Å²) in [5.41, 5.74) is -0.982. The van der Waals surface area contributed by atoms with Gasteiger partial charge in [-0.3, -0.25) is 28.8 Å². The molecule has 380 valence electrons. The number of hydrogen-bond acceptors (Lipinski definition) is 11. The minimum Gasteiger partial charge on any atom is -0.447 e. The van der Waals surface area contributed by atoms with Gasteiger partial charge in [-0.2, -0.15) is 0 Å². The first-order chi connectivity index (χ1) is 34.0. The number of esters is 2. The minimum atomic E-state index is -1.95. The van der Waals surface area contributed by atoms with Crippen molar-refractivity contribution < 1.29 is 48.5 Å². The fourth-order valence-corrected chi connectivity index (χ4v) is 14.1. The monoisotopic (exact) mass is 988 g/mol. The van der Waals surface area contributed by atoms with Crippen LogP contribution in [-0.2, 0) is 51.1 Å². The lowest BCUT2D eigenvalue weighted by atomic mass is 9.59. The van der Waals surface area contributed by atoms with Gasteiger partial charge in [-0.05, 0) is 97.3 Å². The Morgan fingerprint density at radius 3 is 1.37 bits per heavy atom. The Morgan fingerprint density at radius 2 is 0.986 bits per heavy atom. The third-order valence-electron chi connectivity index (χ3n) is 16.8. The number of ketones is 2. The van der Waals surface area contributed by atoms with Crippen molar-refractivity contribution in [2.24, 2.45) is 47.3 Å². The highest BCUT2D eigenvalue weighted by atomic mass is 32.2. The van der Waals surface area contributed by atoms with Crippen molar-refractivity contribution in [3.8, 4) is 0 Å². The van der Waals surface area contributed by atoms with Gasteiger partial charge < -0.3 is 30.3 Å². The first-order valence-electron chi connectivity index (χ1n) is 25.9. The van der Waals surface area contributed by atoms with E-state index in [2.05, 4.69) is 37.6 Å². The van der Waals surface area contributed by atoms with Gasteiger partial charge in [0.1, 0.15) is 22.1 Å². The van der Waals surface area contributed by atoms with Crippen LogP contribution in [0.2, 0.25) is 0 Å². The van der Waals surface area contributed by atoms with Crippen molar-refractivity contribution in [1.82, 2.24) is 10.6 Å². The zero-order valence-corrected chi connectivity index (χ0v) is 42.5. The molecule has 2 aromatic carbocycles. The van der Waals surface area contributed by atoms with Gasteiger partial charge in [-0.1, -0.05) is 126 Å². The highest BCUT2D eigenvalue weighted by Crippen LogP contribution is 2.55. The molecule has 4 aliphatic heterocycles. The molecule has 0 bridgehead atoms. The molecule has 4 heterocycles. The molecule has 8 rings (SSSR count). The third kappa shape index (κ3) is 10.4. The Morgan fingerprint density at radius 1 is 0.606 bits per heavy atom. The molecule has 4 N–H and O–H groups in total. The lowest BCUT2D eigenvalue weighted by Crippen LogP contribution is -2.62. The quantitative estimate of drug-likeness (QED) is 0.166. The molecule has 0 unspecified atom stereocenters. The van der Waals surface area contributed by atoms with E-state index in [0.717, 1.165) is 22.9 Å². The Kier molecular flexibility index (Phi) is 16.1. The Balaban J connectivity index is 1.20. The van der Waals surface area contributed by atoms with Crippen LogP contribution < -0.4 is 10.6 Å². The van der Waals surface area contributed by atoms with Crippen LogP contribution in [0, 0.1) is 47.3 Å². The van der Waals surface area contributed by atoms with Gasteiger partial charge in [0.25, 0.3) is 11.8 Å². The Bertz CT molecular complexity index is 2260. The molecule has 4 fully saturated rings. The molecular formula is C58H72N2O10S. The fraction of sp³-hybridized carbons (Fsp3) is 0.552. The smallest absolute Gasteiger partial charge is 0.320 e. The summed E-state index contributed by atoms with van der Waals surface area (Å²) in [6.45, 7) is 16.5. The summed E-state index contributed by atoms with van der Waals surface area (Å²) < 4.78 is 13.4. The standard InChI is InChI=1S/C58H72N2O10S/c1-33-17-13-25-41(61)31-47(53(65)69-57-43(27-15-19-33)51(63)37(5)35(3)49(57)45(59-55(57)67)29-39-21-9-7-10-22-39)71-48-32-42(62)26-14-18-34(2)20-16-28-44-52(64)38(6)36(4)50-46(30-40-23-11-8-12-24-40)60-56(68)58(44,50)70-54(48)66/h7-12,15-16,21-24,27-28,33-36,43-52,63-64H,5-6,13-14,17-20,25-26,29-32H2,1-4H3,(H,59,67)(H,60,68)/b27-15+,28-16+/t33-,34-,35-,36-,43+,44+,45+,46+,47-,48-,49+,50+,51-,52-,57-,58-/m1/s1. The number of rotatable bonds is 6. The van der Waals surface area contributed by atoms with Crippen LogP contribution in [0.1, 0.15) is 103 Å². The van der Waals surface area contributed by atoms with Crippen molar-refractivity contribution in [2.75, 3.05) is 0 Å². The van der Waals surface area contributed by atoms with E-state index in [1.807, 2.05) is 86.7 Å². The predicted octanol–water partition coefficient (Wildman–Crippen LogP) is 7.55. The number of amides is 2. The second-order valence-electron chi connectivity index (χ2n) is 21.6. The van der Waals surface area contributed by atoms with Gasteiger partial charge in [0.05, 0.1) is 24.0 Å². The Labute approximate surface area is 422 Å². The maximum absolute atomic E-state index is 15.4. The molecule has 2 saturated carbocycles. The van der Waals surface area contributed by atoms with E-state index in [0.29, 0.717) is 62.5 Å². The molecule has 2 amide bonds. The van der Waals surface area contributed by atoms with E-state index >= 15 is 9.59 Å². The maximum Gasteiger partial charge on any atom is 0.320 e. The number of thioether (sulfide) groups is 1. The topological polar surface area (TPSA) is 185 Å². The second kappa shape index (κ2) is 21.9. The van der Waals surface area contributed by atoms with Crippen LogP contribution in [0.5, 0.6) is 0 Å². The zero-order chi connectivity index (χ0) is 50.8. The van der Waals surface area contributed by atoms with Crippen LogP contribution in [0.4, 0.5) is 0 Å². The predicted molar refractivity (Wildman–Crippen MR) is 272 cm³/mol. The molecule has 2 saturated heterocycles. The Hall–Kier alpha value is -5.11. The van der Waals surface area contributed by atoms with Crippen LogP contribution in [0.25, 0.3) is 0 Å². The van der Waals surface area contributed by atoms with E-state index in [1.54, 1.807) is 12.2 Å². The number of allylic oxidation sites excluding steroid dienone is 2. The largest absolute Gasteiger partial charge is 0.447 e. The molecule has 2 aromatic rings. The zero-order valence-electron chi connectivity index (χ0n) is 41.6. The lowest BCUT2D eigenvalue weighted by molar-refractivity contribution is -0.186. The number of hydrogen-bond donors (Lipinski definition) is 4. The van der Waals surface area contributed by atoms with E-state index in [9.17, 15) is 29.4 Å². The molecule has 2 aliphatic carbocycles. The van der Waals surface area contributed by atoms with Crippen molar-refractivity contribution in [3.63, 3.8) is 0 Å². The summed E-state index contributed by atoms with van der Waals surface area (Å²) in [6, 6.07) is 18.2. The summed E-state index contributed by atoms with van der Waals surface area (Å²) in [6.07, 6.45) is 8.93. The van der Waals surface area contributed by atoms with Crippen molar-refractivity contribution in [3.05, 3.63) is 120 Å². The fourth-order valence-electron chi connectivity index (χ4n) is 12.8. The van der Waals surface area contributed by atoms with E-state index in [-0.39, 0.29) is 49.1 Å². The molecule has 13 heteroatoms. The first-order valence-corrected chi connectivity index (χ1v) is 26.8. The van der Waals surface area contributed by atoms with E-state index < -0.39 is 105 Å². The average molecular weight is 989 g/mol. The molecule has 0 radical (unpaired) electrons. The molecule has 71 heavy (non-hydrogen) atoms. The number of Topliss-reactive ketones (excluding diaryl/α,β-unsaturated/α-hetero) is 2. The number of carbonyl (C=O) groups excluding carboxylic acids is 6. The highest BCUT2D eigenvalue weighted by molar-refractivity contribution is 8.01. The van der Waals surface area contributed by atoms with Gasteiger partial charge >= 0.3 is 11.9 Å². The maximum atomic E-state index is 15.4. The molecular weight excluding hydrogens is 917 g/mol. The summed E-state index contributed by atoms with van der Waals surface area (Å²) in [7, 11) is 0. The molecule has 0 aromatic heterocycles. The summed E-state index contributed by atoms with van der Waals surface area (Å²) in [5, 5.41) is 27.6. The van der Waals surface area contributed by atoms with Crippen LogP contribution >= 0.6 is 11.8 Å². The SMILES string of the molecule is C=C1[C@@H](C)[C@H]2[C@H](Cc3ccccc3)NC(=O)[C@]23OC(=O)[C@H](S[C@@H]2CC(=O)CCC[C@@H](C)C/C=C/[C@H]4[C@H](O)C(=C)[C@@H](C)[C@H]5[C@H](Cc6ccccc6)NC(=O)[C@]54OC2=O)CC(=O)CCC[C@@H](C)C/C=C/[C@H]3[C@@H]1O. The highest BCUT2D eigenvalue weighted by Gasteiger charge is 2.70. The van der Waals surface area contributed by atoms with Crippen molar-refractivity contribution >= 4 is 47.1 Å². The molecule has 12 nitrogen and oxygen atoms in total. The number of aliphatic hydroxyl groups is 2. The summed E-state index contributed by atoms with van der Waals surface area (Å²) in [5.74, 6) is -7.71. The normalized spacial score (nSPS) is 39.5. The van der Waals surface area contributed by atoms with Gasteiger partial charge in [-0.25, -0.2) is 0 Å². The van der Waals surface area contributed by atoms with Crippen LogP contribution in [-0.4, -0.2) is 91.5 Å². The van der Waals surface area contributed by atoms with Crippen LogP contribution in [0.3, 0.4) is 0 Å². The number of ether oxygens (including phenoxy) is 2. The summed E-state index contributed by atoms with van der Waals surface area (Å²) in [4.78, 5) is 88.8. The van der Waals surface area contributed by atoms with Gasteiger partial charge in [0.15, 0.2) is 0 Å². The van der Waals surface area contributed by atoms with Gasteiger partial charge in [0.2, 0.25) is 11.2 Å². The molecule has 6 aliphatic rings. The number of carbonyl (C=O) groups is 6.